The fourth-order valence-electron chi connectivity index (χ4n) is 2.36. The topological polar surface area (TPSA) is 76.8 Å². The Labute approximate surface area is 129 Å². The fourth-order valence-corrected chi connectivity index (χ4v) is 2.36. The lowest BCUT2D eigenvalue weighted by Crippen LogP contribution is -2.16. The Morgan fingerprint density at radius 2 is 1.91 bits per heavy atom. The number of nitrogens with zero attached hydrogens (tertiary/aromatic N) is 3. The van der Waals surface area contributed by atoms with Crippen molar-refractivity contribution in [3.63, 3.8) is 0 Å². The summed E-state index contributed by atoms with van der Waals surface area (Å²) in [5.74, 6) is 1.19. The summed E-state index contributed by atoms with van der Waals surface area (Å²) in [4.78, 5) is 17.5. The highest BCUT2D eigenvalue weighted by molar-refractivity contribution is 5.81. The molecule has 0 unspecified atom stereocenters. The lowest BCUT2D eigenvalue weighted by molar-refractivity contribution is -0.137. The van der Waals surface area contributed by atoms with E-state index >= 15 is 0 Å². The summed E-state index contributed by atoms with van der Waals surface area (Å²) in [5, 5.41) is 8.95. The Hall–Kier alpha value is -2.28. The SMILES string of the molecule is COc1cc2nc(CN(C)C)n(CCC(=O)O)c2cc1OC. The Morgan fingerprint density at radius 1 is 1.27 bits per heavy atom. The van der Waals surface area contributed by atoms with Crippen LogP contribution in [-0.2, 0) is 17.9 Å². The highest BCUT2D eigenvalue weighted by Gasteiger charge is 2.16. The monoisotopic (exact) mass is 307 g/mol. The largest absolute Gasteiger partial charge is 0.493 e. The van der Waals surface area contributed by atoms with Gasteiger partial charge >= 0.3 is 5.97 Å². The first-order valence-electron chi connectivity index (χ1n) is 6.94. The number of imidazole rings is 1. The second kappa shape index (κ2) is 6.65. The minimum absolute atomic E-state index is 0.0419. The molecule has 1 aromatic carbocycles. The lowest BCUT2D eigenvalue weighted by atomic mass is 10.2. The number of carboxylic acids is 1. The van der Waals surface area contributed by atoms with Gasteiger partial charge < -0.3 is 24.0 Å². The number of methoxy groups -OCH3 is 2. The average Bonchev–Trinajstić information content (AvgIpc) is 2.78. The van der Waals surface area contributed by atoms with Crippen LogP contribution in [0.25, 0.3) is 11.0 Å². The maximum absolute atomic E-state index is 10.9. The zero-order valence-electron chi connectivity index (χ0n) is 13.3. The molecule has 0 atom stereocenters. The smallest absolute Gasteiger partial charge is 0.305 e. The number of hydrogen-bond acceptors (Lipinski definition) is 5. The first kappa shape index (κ1) is 16.1. The number of carboxylic acid groups (broad SMARTS) is 1. The molecule has 0 aliphatic heterocycles. The normalized spacial score (nSPS) is 11.1. The quantitative estimate of drug-likeness (QED) is 0.837. The number of aryl methyl sites for hydroxylation is 1. The van der Waals surface area contributed by atoms with Crippen LogP contribution in [0.2, 0.25) is 0 Å². The molecule has 2 rings (SSSR count). The van der Waals surface area contributed by atoms with Crippen molar-refractivity contribution < 1.29 is 19.4 Å². The Kier molecular flexibility index (Phi) is 4.87. The van der Waals surface area contributed by atoms with Crippen LogP contribution in [0, 0.1) is 0 Å². The van der Waals surface area contributed by atoms with Gasteiger partial charge in [0.25, 0.3) is 0 Å². The van der Waals surface area contributed by atoms with Gasteiger partial charge in [0, 0.05) is 18.7 Å². The van der Waals surface area contributed by atoms with Gasteiger partial charge in [-0.1, -0.05) is 0 Å². The summed E-state index contributed by atoms with van der Waals surface area (Å²) >= 11 is 0. The van der Waals surface area contributed by atoms with Crippen molar-refractivity contribution in [2.24, 2.45) is 0 Å². The van der Waals surface area contributed by atoms with E-state index in [9.17, 15) is 4.79 Å². The van der Waals surface area contributed by atoms with Gasteiger partial charge in [-0.2, -0.15) is 0 Å². The molecule has 0 fully saturated rings. The highest BCUT2D eigenvalue weighted by Crippen LogP contribution is 2.32. The van der Waals surface area contributed by atoms with Crippen molar-refractivity contribution in [3.05, 3.63) is 18.0 Å². The van der Waals surface area contributed by atoms with Crippen molar-refractivity contribution in [2.75, 3.05) is 28.3 Å². The van der Waals surface area contributed by atoms with Crippen LogP contribution in [0.4, 0.5) is 0 Å². The summed E-state index contributed by atoms with van der Waals surface area (Å²) in [7, 11) is 7.04. The maximum atomic E-state index is 10.9. The molecule has 0 aliphatic rings. The summed E-state index contributed by atoms with van der Waals surface area (Å²) in [6.07, 6.45) is 0.0419. The molecule has 120 valence electrons. The molecule has 0 spiro atoms. The van der Waals surface area contributed by atoms with Crippen LogP contribution in [0.5, 0.6) is 11.5 Å². The Morgan fingerprint density at radius 3 is 2.45 bits per heavy atom. The standard InChI is InChI=1S/C15H21N3O4/c1-17(2)9-14-16-10-7-12(21-3)13(22-4)8-11(10)18(14)6-5-15(19)20/h7-8H,5-6,9H2,1-4H3,(H,19,20). The molecule has 0 aliphatic carbocycles. The molecular weight excluding hydrogens is 286 g/mol. The van der Waals surface area contributed by atoms with Crippen molar-refractivity contribution in [1.29, 1.82) is 0 Å². The Balaban J connectivity index is 2.56. The number of aromatic nitrogens is 2. The van der Waals surface area contributed by atoms with E-state index in [1.165, 1.54) is 0 Å². The number of fused-ring (bicyclic) bond motifs is 1. The molecule has 1 aromatic heterocycles. The van der Waals surface area contributed by atoms with E-state index in [0.717, 1.165) is 16.9 Å². The van der Waals surface area contributed by atoms with Crippen molar-refractivity contribution in [1.82, 2.24) is 14.5 Å². The van der Waals surface area contributed by atoms with E-state index in [0.29, 0.717) is 24.6 Å². The first-order valence-corrected chi connectivity index (χ1v) is 6.94. The minimum Gasteiger partial charge on any atom is -0.493 e. The van der Waals surface area contributed by atoms with Crippen LogP contribution >= 0.6 is 0 Å². The molecule has 22 heavy (non-hydrogen) atoms. The maximum Gasteiger partial charge on any atom is 0.305 e. The van der Waals surface area contributed by atoms with E-state index in [1.807, 2.05) is 35.7 Å². The van der Waals surface area contributed by atoms with Crippen LogP contribution in [0.3, 0.4) is 0 Å². The van der Waals surface area contributed by atoms with E-state index in [2.05, 4.69) is 4.98 Å². The van der Waals surface area contributed by atoms with Crippen molar-refractivity contribution in [2.45, 2.75) is 19.5 Å². The van der Waals surface area contributed by atoms with E-state index in [1.54, 1.807) is 14.2 Å². The molecule has 1 N–H and O–H groups in total. The average molecular weight is 307 g/mol. The first-order chi connectivity index (χ1) is 10.5. The predicted octanol–water partition coefficient (Wildman–Crippen LogP) is 1.59. The molecule has 0 bridgehead atoms. The molecular formula is C15H21N3O4. The van der Waals surface area contributed by atoms with Gasteiger partial charge in [-0.05, 0) is 14.1 Å². The summed E-state index contributed by atoms with van der Waals surface area (Å²) in [6, 6.07) is 3.65. The molecule has 2 aromatic rings. The van der Waals surface area contributed by atoms with Gasteiger partial charge in [-0.25, -0.2) is 4.98 Å². The van der Waals surface area contributed by atoms with Crippen molar-refractivity contribution >= 4 is 17.0 Å². The van der Waals surface area contributed by atoms with Crippen LogP contribution in [-0.4, -0.2) is 53.8 Å². The third kappa shape index (κ3) is 3.30. The van der Waals surface area contributed by atoms with E-state index in [-0.39, 0.29) is 6.42 Å². The summed E-state index contributed by atoms with van der Waals surface area (Å²) < 4.78 is 12.5. The molecule has 7 heteroatoms. The number of carbonyl (C=O) groups is 1. The minimum atomic E-state index is -0.835. The molecule has 0 saturated heterocycles. The van der Waals surface area contributed by atoms with Gasteiger partial charge in [-0.3, -0.25) is 4.79 Å². The zero-order chi connectivity index (χ0) is 16.3. The lowest BCUT2D eigenvalue weighted by Gasteiger charge is -2.12. The molecule has 0 saturated carbocycles. The second-order valence-electron chi connectivity index (χ2n) is 5.26. The fraction of sp³-hybridized carbons (Fsp3) is 0.467. The van der Waals surface area contributed by atoms with Crippen molar-refractivity contribution in [3.8, 4) is 11.5 Å². The second-order valence-corrected chi connectivity index (χ2v) is 5.26. The van der Waals surface area contributed by atoms with Crippen LogP contribution in [0.15, 0.2) is 12.1 Å². The van der Waals surface area contributed by atoms with E-state index < -0.39 is 5.97 Å². The van der Waals surface area contributed by atoms with Crippen LogP contribution in [0.1, 0.15) is 12.2 Å². The Bertz CT molecular complexity index is 679. The highest BCUT2D eigenvalue weighted by atomic mass is 16.5. The third-order valence-corrected chi connectivity index (χ3v) is 3.34. The van der Waals surface area contributed by atoms with Gasteiger partial charge in [0.2, 0.25) is 0 Å². The summed E-state index contributed by atoms with van der Waals surface area (Å²) in [6.45, 7) is 0.990. The molecule has 0 radical (unpaired) electrons. The number of hydrogen-bond donors (Lipinski definition) is 1. The molecule has 7 nitrogen and oxygen atoms in total. The number of ether oxygens (including phenoxy) is 2. The van der Waals surface area contributed by atoms with Gasteiger partial charge in [0.1, 0.15) is 5.82 Å². The number of rotatable bonds is 7. The van der Waals surface area contributed by atoms with Gasteiger partial charge in [0.15, 0.2) is 11.5 Å². The van der Waals surface area contributed by atoms with E-state index in [4.69, 9.17) is 14.6 Å². The summed E-state index contributed by atoms with van der Waals surface area (Å²) in [5.41, 5.74) is 1.61. The molecule has 0 amide bonds. The number of benzene rings is 1. The van der Waals surface area contributed by atoms with Gasteiger partial charge in [-0.15, -0.1) is 0 Å². The molecule has 1 heterocycles. The third-order valence-electron chi connectivity index (χ3n) is 3.34. The number of aliphatic carboxylic acids is 1. The zero-order valence-corrected chi connectivity index (χ0v) is 13.3. The van der Waals surface area contributed by atoms with Crippen LogP contribution < -0.4 is 9.47 Å². The van der Waals surface area contributed by atoms with Gasteiger partial charge in [0.05, 0.1) is 38.2 Å². The predicted molar refractivity (Wildman–Crippen MR) is 82.5 cm³/mol.